The smallest absolute Gasteiger partial charge is 0.208 e. The molecule has 1 aromatic heterocycles. The van der Waals surface area contributed by atoms with Crippen molar-refractivity contribution in [2.45, 2.75) is 64.6 Å². The van der Waals surface area contributed by atoms with E-state index < -0.39 is 0 Å². The van der Waals surface area contributed by atoms with Gasteiger partial charge in [0.05, 0.1) is 12.2 Å². The molecule has 106 valence electrons. The summed E-state index contributed by atoms with van der Waals surface area (Å²) < 4.78 is 5.65. The lowest BCUT2D eigenvalue weighted by atomic mass is 9.93. The highest BCUT2D eigenvalue weighted by Gasteiger charge is 2.34. The summed E-state index contributed by atoms with van der Waals surface area (Å²) in [5.74, 6) is 2.57. The second kappa shape index (κ2) is 5.63. The molecule has 0 amide bonds. The summed E-state index contributed by atoms with van der Waals surface area (Å²) in [6.45, 7) is 5.95. The average molecular weight is 263 g/mol. The van der Waals surface area contributed by atoms with Gasteiger partial charge in [0.15, 0.2) is 0 Å². The first-order valence-electron chi connectivity index (χ1n) is 7.63. The summed E-state index contributed by atoms with van der Waals surface area (Å²) in [4.78, 5) is 4.45. The maximum atomic E-state index is 5.65. The molecule has 0 radical (unpaired) electrons. The minimum atomic E-state index is 0.628. The summed E-state index contributed by atoms with van der Waals surface area (Å²) in [5, 5.41) is 7.33. The van der Waals surface area contributed by atoms with Crippen molar-refractivity contribution < 1.29 is 4.42 Å². The van der Waals surface area contributed by atoms with Crippen LogP contribution in [-0.2, 0) is 6.54 Å². The Morgan fingerprint density at radius 1 is 1.26 bits per heavy atom. The van der Waals surface area contributed by atoms with E-state index in [0.29, 0.717) is 6.04 Å². The molecule has 0 aromatic carbocycles. The van der Waals surface area contributed by atoms with E-state index in [1.807, 2.05) is 13.8 Å². The van der Waals surface area contributed by atoms with Gasteiger partial charge in [-0.25, -0.2) is 4.98 Å². The van der Waals surface area contributed by atoms with Crippen LogP contribution in [-0.4, -0.2) is 23.6 Å². The van der Waals surface area contributed by atoms with Gasteiger partial charge in [0, 0.05) is 12.1 Å². The molecular formula is C15H25N3O. The van der Waals surface area contributed by atoms with Crippen LogP contribution in [0.3, 0.4) is 0 Å². The predicted molar refractivity (Wildman–Crippen MR) is 75.0 cm³/mol. The number of nitrogens with zero attached hydrogens (tertiary/aromatic N) is 1. The molecule has 1 saturated heterocycles. The molecular weight excluding hydrogens is 238 g/mol. The van der Waals surface area contributed by atoms with Gasteiger partial charge < -0.3 is 15.1 Å². The van der Waals surface area contributed by atoms with Crippen LogP contribution in [0.4, 0.5) is 0 Å². The Morgan fingerprint density at radius 3 is 2.84 bits per heavy atom. The second-order valence-corrected chi connectivity index (χ2v) is 6.03. The summed E-state index contributed by atoms with van der Waals surface area (Å²) in [6.07, 6.45) is 6.69. The zero-order valence-electron chi connectivity index (χ0n) is 12.0. The number of aryl methyl sites for hydroxylation is 2. The minimum Gasteiger partial charge on any atom is -0.444 e. The topological polar surface area (TPSA) is 50.1 Å². The molecule has 2 fully saturated rings. The normalized spacial score (nSPS) is 31.2. The van der Waals surface area contributed by atoms with Crippen LogP contribution in [0.2, 0.25) is 0 Å². The molecule has 2 heterocycles. The molecule has 19 heavy (non-hydrogen) atoms. The fourth-order valence-electron chi connectivity index (χ4n) is 3.63. The van der Waals surface area contributed by atoms with Crippen LogP contribution in [0, 0.1) is 19.8 Å². The Labute approximate surface area is 115 Å². The molecule has 4 heteroatoms. The highest BCUT2D eigenvalue weighted by atomic mass is 16.4. The van der Waals surface area contributed by atoms with Crippen molar-refractivity contribution in [1.82, 2.24) is 15.6 Å². The Kier molecular flexibility index (Phi) is 3.89. The van der Waals surface area contributed by atoms with Gasteiger partial charge >= 0.3 is 0 Å². The molecule has 0 bridgehead atoms. The summed E-state index contributed by atoms with van der Waals surface area (Å²) in [6, 6.07) is 1.36. The highest BCUT2D eigenvalue weighted by molar-refractivity contribution is 5.05. The maximum Gasteiger partial charge on any atom is 0.208 e. The van der Waals surface area contributed by atoms with E-state index in [1.54, 1.807) is 0 Å². The molecule has 4 nitrogen and oxygen atoms in total. The molecule has 2 aliphatic rings. The van der Waals surface area contributed by atoms with Gasteiger partial charge in [-0.15, -0.1) is 0 Å². The van der Waals surface area contributed by atoms with Crippen LogP contribution < -0.4 is 10.6 Å². The zero-order valence-corrected chi connectivity index (χ0v) is 12.0. The van der Waals surface area contributed by atoms with Crippen LogP contribution in [0.1, 0.15) is 49.4 Å². The van der Waals surface area contributed by atoms with Crippen molar-refractivity contribution in [3.8, 4) is 0 Å². The first-order chi connectivity index (χ1) is 9.24. The van der Waals surface area contributed by atoms with E-state index in [2.05, 4.69) is 15.6 Å². The van der Waals surface area contributed by atoms with E-state index in [9.17, 15) is 0 Å². The van der Waals surface area contributed by atoms with Crippen molar-refractivity contribution in [2.24, 2.45) is 5.92 Å². The van der Waals surface area contributed by atoms with Crippen LogP contribution >= 0.6 is 0 Å². The number of aromatic nitrogens is 1. The van der Waals surface area contributed by atoms with Crippen LogP contribution in [0.15, 0.2) is 4.42 Å². The van der Waals surface area contributed by atoms with Gasteiger partial charge in [-0.05, 0) is 52.0 Å². The SMILES string of the molecule is Cc1nc(CNC2CCCC2C2CCCN2)oc1C. The molecule has 1 aromatic rings. The average Bonchev–Trinajstić information content (AvgIpc) is 3.09. The van der Waals surface area contributed by atoms with Crippen LogP contribution in [0.25, 0.3) is 0 Å². The van der Waals surface area contributed by atoms with Crippen molar-refractivity contribution in [3.05, 3.63) is 17.3 Å². The van der Waals surface area contributed by atoms with E-state index in [4.69, 9.17) is 4.42 Å². The molecule has 0 spiro atoms. The zero-order chi connectivity index (χ0) is 13.2. The minimum absolute atomic E-state index is 0.628. The molecule has 1 aliphatic carbocycles. The largest absolute Gasteiger partial charge is 0.444 e. The standard InChI is InChI=1S/C15H25N3O/c1-10-11(2)19-15(18-10)9-17-14-6-3-5-12(14)13-7-4-8-16-13/h12-14,16-17H,3-9H2,1-2H3. The fourth-order valence-corrected chi connectivity index (χ4v) is 3.63. The van der Waals surface area contributed by atoms with E-state index in [0.717, 1.165) is 35.8 Å². The van der Waals surface area contributed by atoms with Gasteiger partial charge in [0.25, 0.3) is 0 Å². The quantitative estimate of drug-likeness (QED) is 0.875. The number of rotatable bonds is 4. The number of hydrogen-bond acceptors (Lipinski definition) is 4. The van der Waals surface area contributed by atoms with Crippen molar-refractivity contribution >= 4 is 0 Å². The lowest BCUT2D eigenvalue weighted by molar-refractivity contribution is 0.309. The molecule has 3 atom stereocenters. The molecule has 1 saturated carbocycles. The molecule has 1 aliphatic heterocycles. The summed E-state index contributed by atoms with van der Waals surface area (Å²) in [7, 11) is 0. The summed E-state index contributed by atoms with van der Waals surface area (Å²) >= 11 is 0. The molecule has 3 unspecified atom stereocenters. The number of nitrogens with one attached hydrogen (secondary N) is 2. The van der Waals surface area contributed by atoms with Crippen molar-refractivity contribution in [3.63, 3.8) is 0 Å². The number of oxazole rings is 1. The third kappa shape index (κ3) is 2.84. The van der Waals surface area contributed by atoms with E-state index in [1.165, 1.54) is 38.6 Å². The molecule has 2 N–H and O–H groups in total. The summed E-state index contributed by atoms with van der Waals surface area (Å²) in [5.41, 5.74) is 1.01. The Balaban J connectivity index is 1.56. The van der Waals surface area contributed by atoms with Gasteiger partial charge in [0.2, 0.25) is 5.89 Å². The third-order valence-corrected chi connectivity index (χ3v) is 4.77. The van der Waals surface area contributed by atoms with E-state index >= 15 is 0 Å². The van der Waals surface area contributed by atoms with Gasteiger partial charge in [-0.3, -0.25) is 0 Å². The fraction of sp³-hybridized carbons (Fsp3) is 0.800. The second-order valence-electron chi connectivity index (χ2n) is 6.03. The highest BCUT2D eigenvalue weighted by Crippen LogP contribution is 2.32. The monoisotopic (exact) mass is 263 g/mol. The van der Waals surface area contributed by atoms with Gasteiger partial charge in [0.1, 0.15) is 5.76 Å². The Morgan fingerprint density at radius 2 is 2.16 bits per heavy atom. The van der Waals surface area contributed by atoms with Crippen molar-refractivity contribution in [2.75, 3.05) is 6.54 Å². The molecule has 3 rings (SSSR count). The maximum absolute atomic E-state index is 5.65. The van der Waals surface area contributed by atoms with Gasteiger partial charge in [-0.1, -0.05) is 6.42 Å². The lowest BCUT2D eigenvalue weighted by Gasteiger charge is -2.26. The van der Waals surface area contributed by atoms with E-state index in [-0.39, 0.29) is 0 Å². The third-order valence-electron chi connectivity index (χ3n) is 4.77. The Bertz CT molecular complexity index is 404. The first-order valence-corrected chi connectivity index (χ1v) is 7.63. The predicted octanol–water partition coefficient (Wildman–Crippen LogP) is 2.30. The van der Waals surface area contributed by atoms with Crippen molar-refractivity contribution in [1.29, 1.82) is 0 Å². The first kappa shape index (κ1) is 13.1. The van der Waals surface area contributed by atoms with Gasteiger partial charge in [-0.2, -0.15) is 0 Å². The van der Waals surface area contributed by atoms with Crippen LogP contribution in [0.5, 0.6) is 0 Å². The Hall–Kier alpha value is -0.870. The lowest BCUT2D eigenvalue weighted by Crippen LogP contribution is -2.41. The number of hydrogen-bond donors (Lipinski definition) is 2.